The lowest BCUT2D eigenvalue weighted by molar-refractivity contribution is -0.142. The molecule has 3 aromatic rings. The zero-order valence-corrected chi connectivity index (χ0v) is 23.2. The minimum Gasteiger partial charge on any atom is -0.491 e. The molecule has 0 bridgehead atoms. The molecule has 1 fully saturated rings. The normalized spacial score (nSPS) is 18.6. The van der Waals surface area contributed by atoms with E-state index in [0.717, 1.165) is 40.3 Å². The number of nitriles is 1. The van der Waals surface area contributed by atoms with Gasteiger partial charge in [0.15, 0.2) is 0 Å². The van der Waals surface area contributed by atoms with Gasteiger partial charge in [-0.25, -0.2) is 4.68 Å². The molecular weight excluding hydrogens is 504 g/mol. The van der Waals surface area contributed by atoms with Crippen LogP contribution in [-0.2, 0) is 14.3 Å². The summed E-state index contributed by atoms with van der Waals surface area (Å²) in [6.45, 7) is 8.33. The third kappa shape index (κ3) is 5.33. The topological polar surface area (TPSA) is 97.5 Å². The van der Waals surface area contributed by atoms with Gasteiger partial charge >= 0.3 is 0 Å². The van der Waals surface area contributed by atoms with Crippen molar-refractivity contribution < 1.29 is 19.1 Å². The Bertz CT molecular complexity index is 1550. The van der Waals surface area contributed by atoms with Gasteiger partial charge in [-0.1, -0.05) is 18.2 Å². The number of carbonyl (C=O) groups excluding carboxylic acids is 2. The Balaban J connectivity index is 1.63. The number of hydrogen-bond donors (Lipinski definition) is 0. The molecule has 0 saturated carbocycles. The monoisotopic (exact) mass is 536 g/mol. The quantitative estimate of drug-likeness (QED) is 0.296. The molecule has 2 aliphatic heterocycles. The number of aromatic nitrogens is 2. The zero-order chi connectivity index (χ0) is 28.4. The summed E-state index contributed by atoms with van der Waals surface area (Å²) in [6, 6.07) is 17.6. The molecule has 0 spiro atoms. The van der Waals surface area contributed by atoms with Crippen LogP contribution in [0.25, 0.3) is 23.0 Å². The summed E-state index contributed by atoms with van der Waals surface area (Å²) in [7, 11) is 0. The van der Waals surface area contributed by atoms with Crippen LogP contribution < -0.4 is 4.74 Å². The van der Waals surface area contributed by atoms with E-state index in [4.69, 9.17) is 14.6 Å². The van der Waals surface area contributed by atoms with Crippen LogP contribution in [-0.4, -0.2) is 51.9 Å². The lowest BCUT2D eigenvalue weighted by Gasteiger charge is -2.29. The molecule has 5 rings (SSSR count). The number of hydrogen-bond acceptors (Lipinski definition) is 6. The summed E-state index contributed by atoms with van der Waals surface area (Å²) >= 11 is 0. The van der Waals surface area contributed by atoms with Crippen molar-refractivity contribution in [2.75, 3.05) is 13.2 Å². The standard InChI is InChI=1S/C32H32N4O4/c1-20(2)40-29-13-12-23(15-21(29)3)30-24(18-36(34-30)25-9-6-5-7-10-25)16-27-22(4)28(17-33)32(38)35(31(27)37)19-26-11-8-14-39-26/h5-7,9-10,12-13,15-16,18,20,26H,8,11,14,19H2,1-4H3/b27-16+. The zero-order valence-electron chi connectivity index (χ0n) is 23.2. The summed E-state index contributed by atoms with van der Waals surface area (Å²) < 4.78 is 13.4. The molecule has 1 atom stereocenters. The summed E-state index contributed by atoms with van der Waals surface area (Å²) in [5, 5.41) is 14.7. The lowest BCUT2D eigenvalue weighted by atomic mass is 9.93. The van der Waals surface area contributed by atoms with E-state index >= 15 is 0 Å². The van der Waals surface area contributed by atoms with Gasteiger partial charge in [0.2, 0.25) is 0 Å². The second kappa shape index (κ2) is 11.3. The van der Waals surface area contributed by atoms with E-state index < -0.39 is 11.8 Å². The Hall–Kier alpha value is -4.48. The fraction of sp³-hybridized carbons (Fsp3) is 0.312. The third-order valence-electron chi connectivity index (χ3n) is 7.11. The Morgan fingerprint density at radius 1 is 1.15 bits per heavy atom. The van der Waals surface area contributed by atoms with Gasteiger partial charge < -0.3 is 9.47 Å². The SMILES string of the molecule is CC1=C(C#N)C(=O)N(CC2CCCO2)C(=O)/C1=C/c1cn(-c2ccccc2)nc1-c1ccc(OC(C)C)c(C)c1. The maximum Gasteiger partial charge on any atom is 0.271 e. The molecule has 1 unspecified atom stereocenters. The molecule has 8 nitrogen and oxygen atoms in total. The number of benzene rings is 2. The van der Waals surface area contributed by atoms with Gasteiger partial charge in [0, 0.05) is 29.5 Å². The van der Waals surface area contributed by atoms with Crippen molar-refractivity contribution in [3.8, 4) is 28.8 Å². The van der Waals surface area contributed by atoms with E-state index in [1.54, 1.807) is 17.7 Å². The number of nitrogens with zero attached hydrogens (tertiary/aromatic N) is 4. The van der Waals surface area contributed by atoms with Gasteiger partial charge in [0.25, 0.3) is 11.8 Å². The van der Waals surface area contributed by atoms with Crippen LogP contribution in [0.5, 0.6) is 5.75 Å². The van der Waals surface area contributed by atoms with E-state index in [9.17, 15) is 14.9 Å². The maximum atomic E-state index is 13.7. The first kappa shape index (κ1) is 27.1. The fourth-order valence-electron chi connectivity index (χ4n) is 5.06. The first-order valence-electron chi connectivity index (χ1n) is 13.5. The molecule has 8 heteroatoms. The Labute approximate surface area is 234 Å². The van der Waals surface area contributed by atoms with Crippen LogP contribution in [0.1, 0.15) is 44.7 Å². The minimum atomic E-state index is -0.575. The molecule has 0 N–H and O–H groups in total. The molecule has 3 heterocycles. The van der Waals surface area contributed by atoms with Crippen molar-refractivity contribution >= 4 is 17.9 Å². The summed E-state index contributed by atoms with van der Waals surface area (Å²) in [5.41, 5.74) is 4.64. The molecule has 1 aromatic heterocycles. The number of carbonyl (C=O) groups is 2. The van der Waals surface area contributed by atoms with Crippen molar-refractivity contribution in [3.63, 3.8) is 0 Å². The smallest absolute Gasteiger partial charge is 0.271 e. The summed E-state index contributed by atoms with van der Waals surface area (Å²) in [4.78, 5) is 28.0. The second-order valence-corrected chi connectivity index (χ2v) is 10.4. The number of rotatable bonds is 7. The first-order chi connectivity index (χ1) is 19.3. The summed E-state index contributed by atoms with van der Waals surface area (Å²) in [5.74, 6) is -0.217. The highest BCUT2D eigenvalue weighted by Gasteiger charge is 2.37. The van der Waals surface area contributed by atoms with Crippen molar-refractivity contribution in [1.29, 1.82) is 5.26 Å². The number of para-hydroxylation sites is 1. The average molecular weight is 537 g/mol. The Morgan fingerprint density at radius 3 is 2.58 bits per heavy atom. The van der Waals surface area contributed by atoms with E-state index in [1.807, 2.05) is 81.6 Å². The van der Waals surface area contributed by atoms with E-state index in [0.29, 0.717) is 29.0 Å². The van der Waals surface area contributed by atoms with Gasteiger partial charge in [-0.05, 0) is 88.1 Å². The minimum absolute atomic E-state index is 0.0353. The highest BCUT2D eigenvalue weighted by atomic mass is 16.5. The van der Waals surface area contributed by atoms with Crippen LogP contribution >= 0.6 is 0 Å². The Morgan fingerprint density at radius 2 is 1.93 bits per heavy atom. The molecule has 2 aromatic carbocycles. The van der Waals surface area contributed by atoms with Crippen LogP contribution in [0.2, 0.25) is 0 Å². The predicted molar refractivity (Wildman–Crippen MR) is 151 cm³/mol. The van der Waals surface area contributed by atoms with Crippen LogP contribution in [0, 0.1) is 18.3 Å². The lowest BCUT2D eigenvalue weighted by Crippen LogP contribution is -2.46. The molecule has 0 radical (unpaired) electrons. The number of ether oxygens (including phenoxy) is 2. The fourth-order valence-corrected chi connectivity index (χ4v) is 5.06. The number of aryl methyl sites for hydroxylation is 1. The molecule has 40 heavy (non-hydrogen) atoms. The van der Waals surface area contributed by atoms with Crippen molar-refractivity contribution in [3.05, 3.63) is 82.6 Å². The van der Waals surface area contributed by atoms with Crippen molar-refractivity contribution in [2.24, 2.45) is 0 Å². The van der Waals surface area contributed by atoms with Crippen molar-refractivity contribution in [1.82, 2.24) is 14.7 Å². The van der Waals surface area contributed by atoms with Crippen LogP contribution in [0.15, 0.2) is 71.4 Å². The van der Waals surface area contributed by atoms with E-state index in [2.05, 4.69) is 0 Å². The van der Waals surface area contributed by atoms with Crippen LogP contribution in [0.3, 0.4) is 0 Å². The first-order valence-corrected chi connectivity index (χ1v) is 13.5. The largest absolute Gasteiger partial charge is 0.491 e. The molecule has 1 saturated heterocycles. The van der Waals surface area contributed by atoms with Gasteiger partial charge in [-0.15, -0.1) is 0 Å². The van der Waals surface area contributed by atoms with E-state index in [-0.39, 0.29) is 24.3 Å². The molecule has 2 aliphatic rings. The van der Waals surface area contributed by atoms with Gasteiger partial charge in [-0.2, -0.15) is 10.4 Å². The molecule has 204 valence electrons. The Kier molecular flexibility index (Phi) is 7.67. The van der Waals surface area contributed by atoms with Gasteiger partial charge in [0.1, 0.15) is 17.4 Å². The molecule has 2 amide bonds. The highest BCUT2D eigenvalue weighted by molar-refractivity contribution is 6.19. The van der Waals surface area contributed by atoms with E-state index in [1.165, 1.54) is 0 Å². The second-order valence-electron chi connectivity index (χ2n) is 10.4. The summed E-state index contributed by atoms with van der Waals surface area (Å²) in [6.07, 6.45) is 5.07. The van der Waals surface area contributed by atoms with Crippen molar-refractivity contribution in [2.45, 2.75) is 52.7 Å². The number of imide groups is 1. The third-order valence-corrected chi connectivity index (χ3v) is 7.11. The predicted octanol–water partition coefficient (Wildman–Crippen LogP) is 5.41. The molecule has 0 aliphatic carbocycles. The van der Waals surface area contributed by atoms with Crippen LogP contribution in [0.4, 0.5) is 0 Å². The van der Waals surface area contributed by atoms with Gasteiger partial charge in [0.05, 0.1) is 30.1 Å². The number of amides is 2. The molecular formula is C32H32N4O4. The van der Waals surface area contributed by atoms with Gasteiger partial charge in [-0.3, -0.25) is 14.5 Å². The average Bonchev–Trinajstić information content (AvgIpc) is 3.61. The highest BCUT2D eigenvalue weighted by Crippen LogP contribution is 2.33. The maximum absolute atomic E-state index is 13.7.